The quantitative estimate of drug-likeness (QED) is 0.850. The minimum absolute atomic E-state index is 0.0666. The number of methoxy groups -OCH3 is 1. The number of rotatable bonds is 5. The number of pyridine rings is 1. The third-order valence-corrected chi connectivity index (χ3v) is 4.14. The summed E-state index contributed by atoms with van der Waals surface area (Å²) < 4.78 is 33.6. The van der Waals surface area contributed by atoms with E-state index in [0.717, 1.165) is 0 Å². The summed E-state index contributed by atoms with van der Waals surface area (Å²) >= 11 is 5.80. The molecule has 0 atom stereocenters. The zero-order valence-corrected chi connectivity index (χ0v) is 13.3. The molecule has 1 N–H and O–H groups in total. The molecule has 0 bridgehead atoms. The number of halogens is 1. The molecule has 0 aliphatic rings. The lowest BCUT2D eigenvalue weighted by Gasteiger charge is -2.08. The Bertz CT molecular complexity index is 743. The molecule has 0 radical (unpaired) electrons. The number of hydrogen-bond acceptors (Lipinski definition) is 5. The van der Waals surface area contributed by atoms with Crippen molar-refractivity contribution in [2.24, 2.45) is 0 Å². The molecule has 114 valence electrons. The van der Waals surface area contributed by atoms with Crippen molar-refractivity contribution in [3.05, 3.63) is 29.8 Å². The Labute approximate surface area is 128 Å². The molecule has 0 aromatic carbocycles. The molecule has 21 heavy (non-hydrogen) atoms. The number of ether oxygens (including phenoxy) is 1. The Balaban J connectivity index is 2.30. The van der Waals surface area contributed by atoms with Gasteiger partial charge in [0.05, 0.1) is 19.1 Å². The maximum Gasteiger partial charge on any atom is 0.280 e. The number of anilines is 1. The summed E-state index contributed by atoms with van der Waals surface area (Å²) in [6, 6.07) is 2.95. The number of hydrogen-bond donors (Lipinski definition) is 1. The fourth-order valence-electron chi connectivity index (χ4n) is 1.58. The Hall–Kier alpha value is -1.80. The SMILES string of the molecule is COc1cc(NS(=O)(=O)c2cn(C(C)C)cn2)cc(Cl)n1. The zero-order chi connectivity index (χ0) is 15.6. The van der Waals surface area contributed by atoms with Crippen LogP contribution in [0.15, 0.2) is 29.7 Å². The summed E-state index contributed by atoms with van der Waals surface area (Å²) in [4.78, 5) is 7.77. The van der Waals surface area contributed by atoms with Crippen LogP contribution in [0, 0.1) is 0 Å². The second kappa shape index (κ2) is 5.90. The molecule has 2 aromatic rings. The first kappa shape index (κ1) is 15.6. The van der Waals surface area contributed by atoms with Gasteiger partial charge in [0, 0.05) is 18.3 Å². The van der Waals surface area contributed by atoms with Crippen molar-refractivity contribution in [3.63, 3.8) is 0 Å². The Morgan fingerprint density at radius 3 is 2.67 bits per heavy atom. The summed E-state index contributed by atoms with van der Waals surface area (Å²) in [7, 11) is -2.37. The summed E-state index contributed by atoms with van der Waals surface area (Å²) in [5.41, 5.74) is 0.256. The Kier molecular flexibility index (Phi) is 4.38. The van der Waals surface area contributed by atoms with Crippen LogP contribution in [0.25, 0.3) is 0 Å². The van der Waals surface area contributed by atoms with E-state index in [1.54, 1.807) is 4.57 Å². The van der Waals surface area contributed by atoms with E-state index < -0.39 is 10.0 Å². The van der Waals surface area contributed by atoms with Gasteiger partial charge in [0.25, 0.3) is 10.0 Å². The highest BCUT2D eigenvalue weighted by molar-refractivity contribution is 7.92. The molecule has 0 unspecified atom stereocenters. The highest BCUT2D eigenvalue weighted by atomic mass is 35.5. The molecule has 0 fully saturated rings. The van der Waals surface area contributed by atoms with Gasteiger partial charge in [-0.1, -0.05) is 11.6 Å². The van der Waals surface area contributed by atoms with Crippen LogP contribution in [-0.2, 0) is 10.0 Å². The second-order valence-electron chi connectivity index (χ2n) is 4.58. The van der Waals surface area contributed by atoms with E-state index in [0.29, 0.717) is 0 Å². The molecule has 0 aliphatic carbocycles. The molecule has 2 rings (SSSR count). The standard InChI is InChI=1S/C12H15ClN4O3S/c1-8(2)17-6-12(14-7-17)21(18,19)16-9-4-10(13)15-11(5-9)20-3/h4-8H,1-3H3,(H,15,16). The largest absolute Gasteiger partial charge is 0.481 e. The Morgan fingerprint density at radius 1 is 1.38 bits per heavy atom. The van der Waals surface area contributed by atoms with Gasteiger partial charge in [0.1, 0.15) is 5.15 Å². The van der Waals surface area contributed by atoms with E-state index >= 15 is 0 Å². The minimum Gasteiger partial charge on any atom is -0.481 e. The smallest absolute Gasteiger partial charge is 0.280 e. The van der Waals surface area contributed by atoms with Gasteiger partial charge in [-0.3, -0.25) is 4.72 Å². The van der Waals surface area contributed by atoms with Gasteiger partial charge in [-0.05, 0) is 19.9 Å². The molecule has 0 saturated carbocycles. The lowest BCUT2D eigenvalue weighted by Crippen LogP contribution is -2.13. The highest BCUT2D eigenvalue weighted by Gasteiger charge is 2.19. The van der Waals surface area contributed by atoms with Crippen LogP contribution in [0.2, 0.25) is 5.15 Å². The molecular formula is C12H15ClN4O3S. The van der Waals surface area contributed by atoms with Crippen molar-refractivity contribution in [1.29, 1.82) is 0 Å². The third kappa shape index (κ3) is 3.64. The van der Waals surface area contributed by atoms with Crippen molar-refractivity contribution < 1.29 is 13.2 Å². The second-order valence-corrected chi connectivity index (χ2v) is 6.60. The Morgan fingerprint density at radius 2 is 2.10 bits per heavy atom. The molecule has 2 heterocycles. The molecule has 2 aromatic heterocycles. The topological polar surface area (TPSA) is 86.1 Å². The normalized spacial score (nSPS) is 11.7. The number of nitrogens with one attached hydrogen (secondary N) is 1. The fourth-order valence-corrected chi connectivity index (χ4v) is 2.76. The van der Waals surface area contributed by atoms with E-state index in [4.69, 9.17) is 16.3 Å². The number of sulfonamides is 1. The van der Waals surface area contributed by atoms with Crippen molar-refractivity contribution in [2.45, 2.75) is 24.9 Å². The molecule has 0 aliphatic heterocycles. The van der Waals surface area contributed by atoms with Crippen LogP contribution < -0.4 is 9.46 Å². The number of aromatic nitrogens is 3. The average Bonchev–Trinajstić information content (AvgIpc) is 2.87. The lowest BCUT2D eigenvalue weighted by atomic mass is 10.4. The summed E-state index contributed by atoms with van der Waals surface area (Å²) in [6.45, 7) is 3.86. The minimum atomic E-state index is -3.79. The van der Waals surface area contributed by atoms with Crippen LogP contribution in [0.5, 0.6) is 5.88 Å². The summed E-state index contributed by atoms with van der Waals surface area (Å²) in [6.07, 6.45) is 2.94. The van der Waals surface area contributed by atoms with Gasteiger partial charge in [0.2, 0.25) is 5.88 Å². The van der Waals surface area contributed by atoms with Crippen molar-refractivity contribution >= 4 is 27.3 Å². The van der Waals surface area contributed by atoms with Gasteiger partial charge < -0.3 is 9.30 Å². The van der Waals surface area contributed by atoms with E-state index in [-0.39, 0.29) is 27.8 Å². The van der Waals surface area contributed by atoms with E-state index in [9.17, 15) is 8.42 Å². The van der Waals surface area contributed by atoms with E-state index in [2.05, 4.69) is 14.7 Å². The van der Waals surface area contributed by atoms with Crippen LogP contribution >= 0.6 is 11.6 Å². The molecule has 9 heteroatoms. The third-order valence-electron chi connectivity index (χ3n) is 2.68. The van der Waals surface area contributed by atoms with Gasteiger partial charge in [-0.2, -0.15) is 8.42 Å². The monoisotopic (exact) mass is 330 g/mol. The maximum atomic E-state index is 12.3. The van der Waals surface area contributed by atoms with Gasteiger partial charge >= 0.3 is 0 Å². The molecular weight excluding hydrogens is 316 g/mol. The number of imidazole rings is 1. The molecule has 0 saturated heterocycles. The van der Waals surface area contributed by atoms with Crippen molar-refractivity contribution in [3.8, 4) is 5.88 Å². The molecule has 0 amide bonds. The fraction of sp³-hybridized carbons (Fsp3) is 0.333. The van der Waals surface area contributed by atoms with Gasteiger partial charge in [0.15, 0.2) is 5.03 Å². The predicted molar refractivity (Wildman–Crippen MR) is 79.2 cm³/mol. The number of nitrogens with zero attached hydrogens (tertiary/aromatic N) is 3. The predicted octanol–water partition coefficient (Wildman–Crippen LogP) is 2.32. The van der Waals surface area contributed by atoms with E-state index in [1.807, 2.05) is 13.8 Å². The van der Waals surface area contributed by atoms with Crippen molar-refractivity contribution in [1.82, 2.24) is 14.5 Å². The first-order chi connectivity index (χ1) is 9.81. The summed E-state index contributed by atoms with van der Waals surface area (Å²) in [5, 5.41) is 0.0582. The van der Waals surface area contributed by atoms with Gasteiger partial charge in [-0.25, -0.2) is 9.97 Å². The lowest BCUT2D eigenvalue weighted by molar-refractivity contribution is 0.398. The molecule has 0 spiro atoms. The van der Waals surface area contributed by atoms with Gasteiger partial charge in [-0.15, -0.1) is 0 Å². The van der Waals surface area contributed by atoms with E-state index in [1.165, 1.54) is 31.8 Å². The first-order valence-electron chi connectivity index (χ1n) is 6.09. The van der Waals surface area contributed by atoms with Crippen LogP contribution in [0.3, 0.4) is 0 Å². The van der Waals surface area contributed by atoms with Crippen LogP contribution in [-0.4, -0.2) is 30.1 Å². The van der Waals surface area contributed by atoms with Crippen LogP contribution in [0.1, 0.15) is 19.9 Å². The average molecular weight is 331 g/mol. The molecule has 7 nitrogen and oxygen atoms in total. The zero-order valence-electron chi connectivity index (χ0n) is 11.7. The van der Waals surface area contributed by atoms with Crippen LogP contribution in [0.4, 0.5) is 5.69 Å². The van der Waals surface area contributed by atoms with Crippen molar-refractivity contribution in [2.75, 3.05) is 11.8 Å². The summed E-state index contributed by atoms with van der Waals surface area (Å²) in [5.74, 6) is 0.216. The highest BCUT2D eigenvalue weighted by Crippen LogP contribution is 2.22. The first-order valence-corrected chi connectivity index (χ1v) is 7.96. The maximum absolute atomic E-state index is 12.3.